The molecular weight excluding hydrogens is 452 g/mol. The SMILES string of the molecule is Br.CCOC(=O)C1(c2ccccc2)CCN(CCOc2ccc([N+](=O)[O-])cc2)CC1. The molecule has 0 atom stereocenters. The Morgan fingerprint density at radius 2 is 1.73 bits per heavy atom. The van der Waals surface area contributed by atoms with Gasteiger partial charge in [0.15, 0.2) is 0 Å². The van der Waals surface area contributed by atoms with Crippen molar-refractivity contribution in [2.45, 2.75) is 25.2 Å². The van der Waals surface area contributed by atoms with E-state index in [1.54, 1.807) is 12.1 Å². The van der Waals surface area contributed by atoms with Crippen LogP contribution < -0.4 is 4.74 Å². The molecule has 7 nitrogen and oxygen atoms in total. The Balaban J connectivity index is 0.00000320. The summed E-state index contributed by atoms with van der Waals surface area (Å²) in [7, 11) is 0. The third-order valence-electron chi connectivity index (χ3n) is 5.43. The van der Waals surface area contributed by atoms with Gasteiger partial charge in [-0.15, -0.1) is 17.0 Å². The van der Waals surface area contributed by atoms with Crippen LogP contribution in [0.5, 0.6) is 5.75 Å². The second-order valence-electron chi connectivity index (χ2n) is 7.11. The maximum Gasteiger partial charge on any atom is 0.316 e. The molecule has 1 saturated heterocycles. The van der Waals surface area contributed by atoms with Crippen molar-refractivity contribution in [2.24, 2.45) is 0 Å². The van der Waals surface area contributed by atoms with Crippen LogP contribution in [0.15, 0.2) is 54.6 Å². The van der Waals surface area contributed by atoms with E-state index >= 15 is 0 Å². The van der Waals surface area contributed by atoms with Crippen LogP contribution in [0.1, 0.15) is 25.3 Å². The van der Waals surface area contributed by atoms with Gasteiger partial charge in [0.1, 0.15) is 12.4 Å². The average molecular weight is 479 g/mol. The Labute approximate surface area is 186 Å². The summed E-state index contributed by atoms with van der Waals surface area (Å²) < 4.78 is 11.1. The van der Waals surface area contributed by atoms with Gasteiger partial charge in [0.2, 0.25) is 0 Å². The predicted octanol–water partition coefficient (Wildman–Crippen LogP) is 4.15. The van der Waals surface area contributed by atoms with Crippen molar-refractivity contribution in [3.05, 3.63) is 70.3 Å². The molecule has 2 aromatic rings. The van der Waals surface area contributed by atoms with E-state index in [-0.39, 0.29) is 28.6 Å². The highest BCUT2D eigenvalue weighted by Crippen LogP contribution is 2.36. The number of nitro benzene ring substituents is 1. The first-order valence-corrected chi connectivity index (χ1v) is 9.87. The van der Waals surface area contributed by atoms with Crippen molar-refractivity contribution >= 4 is 28.6 Å². The van der Waals surface area contributed by atoms with E-state index in [9.17, 15) is 14.9 Å². The summed E-state index contributed by atoms with van der Waals surface area (Å²) >= 11 is 0. The van der Waals surface area contributed by atoms with Crippen molar-refractivity contribution < 1.29 is 19.2 Å². The number of hydrogen-bond donors (Lipinski definition) is 0. The summed E-state index contributed by atoms with van der Waals surface area (Å²) in [5.41, 5.74) is 0.470. The zero-order chi connectivity index (χ0) is 20.7. The summed E-state index contributed by atoms with van der Waals surface area (Å²) in [6.45, 7) is 4.97. The third-order valence-corrected chi connectivity index (χ3v) is 5.43. The van der Waals surface area contributed by atoms with Crippen LogP contribution in [0.3, 0.4) is 0 Å². The maximum atomic E-state index is 12.8. The predicted molar refractivity (Wildman–Crippen MR) is 119 cm³/mol. The molecule has 1 aliphatic rings. The minimum Gasteiger partial charge on any atom is -0.492 e. The summed E-state index contributed by atoms with van der Waals surface area (Å²) in [4.78, 5) is 25.3. The molecule has 0 aromatic heterocycles. The molecule has 1 fully saturated rings. The van der Waals surface area contributed by atoms with Crippen LogP contribution in [-0.4, -0.2) is 48.6 Å². The number of nitro groups is 1. The molecule has 0 N–H and O–H groups in total. The number of carbonyl (C=O) groups is 1. The molecular formula is C22H27BrN2O5. The van der Waals surface area contributed by atoms with Gasteiger partial charge in [0.05, 0.1) is 16.9 Å². The zero-order valence-corrected chi connectivity index (χ0v) is 18.7. The summed E-state index contributed by atoms with van der Waals surface area (Å²) in [6.07, 6.45) is 1.40. The Morgan fingerprint density at radius 3 is 2.30 bits per heavy atom. The molecule has 0 saturated carbocycles. The molecule has 0 bridgehead atoms. The van der Waals surface area contributed by atoms with Gasteiger partial charge in [-0.05, 0) is 50.6 Å². The van der Waals surface area contributed by atoms with Crippen LogP contribution in [0.2, 0.25) is 0 Å². The number of hydrogen-bond acceptors (Lipinski definition) is 6. The van der Waals surface area contributed by atoms with Crippen molar-refractivity contribution in [1.29, 1.82) is 0 Å². The lowest BCUT2D eigenvalue weighted by Crippen LogP contribution is -2.48. The Kier molecular flexibility index (Phi) is 8.80. The summed E-state index contributed by atoms with van der Waals surface area (Å²) in [5, 5.41) is 10.7. The van der Waals surface area contributed by atoms with Gasteiger partial charge < -0.3 is 9.47 Å². The summed E-state index contributed by atoms with van der Waals surface area (Å²) in [6, 6.07) is 16.0. The molecule has 0 aliphatic carbocycles. The van der Waals surface area contributed by atoms with Crippen LogP contribution in [-0.2, 0) is 14.9 Å². The van der Waals surface area contributed by atoms with Crippen molar-refractivity contribution in [2.75, 3.05) is 32.8 Å². The quantitative estimate of drug-likeness (QED) is 0.322. The first-order valence-electron chi connectivity index (χ1n) is 9.87. The average Bonchev–Trinajstić information content (AvgIpc) is 2.75. The van der Waals surface area contributed by atoms with E-state index in [0.29, 0.717) is 31.8 Å². The molecule has 162 valence electrons. The minimum absolute atomic E-state index is 0. The topological polar surface area (TPSA) is 81.9 Å². The lowest BCUT2D eigenvalue weighted by atomic mass is 9.72. The van der Waals surface area contributed by atoms with E-state index in [2.05, 4.69) is 4.90 Å². The number of halogens is 1. The fourth-order valence-corrected chi connectivity index (χ4v) is 3.75. The number of rotatable bonds is 8. The summed E-state index contributed by atoms with van der Waals surface area (Å²) in [5.74, 6) is 0.464. The second-order valence-corrected chi connectivity index (χ2v) is 7.11. The van der Waals surface area contributed by atoms with Gasteiger partial charge in [-0.1, -0.05) is 30.3 Å². The number of esters is 1. The van der Waals surface area contributed by atoms with Crippen LogP contribution >= 0.6 is 17.0 Å². The largest absolute Gasteiger partial charge is 0.492 e. The first kappa shape index (κ1) is 23.8. The molecule has 8 heteroatoms. The highest BCUT2D eigenvalue weighted by molar-refractivity contribution is 8.93. The van der Waals surface area contributed by atoms with Gasteiger partial charge >= 0.3 is 5.97 Å². The van der Waals surface area contributed by atoms with Gasteiger partial charge in [-0.25, -0.2) is 0 Å². The van der Waals surface area contributed by atoms with Gasteiger partial charge in [0.25, 0.3) is 5.69 Å². The monoisotopic (exact) mass is 478 g/mol. The number of non-ortho nitro benzene ring substituents is 1. The zero-order valence-electron chi connectivity index (χ0n) is 17.0. The molecule has 0 spiro atoms. The van der Waals surface area contributed by atoms with Crippen molar-refractivity contribution in [3.8, 4) is 5.75 Å². The minimum atomic E-state index is -0.590. The van der Waals surface area contributed by atoms with E-state index < -0.39 is 10.3 Å². The smallest absolute Gasteiger partial charge is 0.316 e. The second kappa shape index (κ2) is 11.1. The maximum absolute atomic E-state index is 12.8. The standard InChI is InChI=1S/C22H26N2O5.BrH/c1-2-28-21(25)22(18-6-4-3-5-7-18)12-14-23(15-13-22)16-17-29-20-10-8-19(9-11-20)24(26)27;/h3-11H,2,12-17H2,1H3;1H. The van der Waals surface area contributed by atoms with Gasteiger partial charge in [0, 0.05) is 18.7 Å². The van der Waals surface area contributed by atoms with Crippen LogP contribution in [0.4, 0.5) is 5.69 Å². The number of carbonyl (C=O) groups excluding carboxylic acids is 1. The number of benzene rings is 2. The molecule has 0 amide bonds. The number of ether oxygens (including phenoxy) is 2. The van der Waals surface area contributed by atoms with E-state index in [4.69, 9.17) is 9.47 Å². The van der Waals surface area contributed by atoms with Crippen LogP contribution in [0, 0.1) is 10.1 Å². The Hall–Kier alpha value is -2.45. The molecule has 0 unspecified atom stereocenters. The number of piperidine rings is 1. The molecule has 30 heavy (non-hydrogen) atoms. The number of nitrogens with zero attached hydrogens (tertiary/aromatic N) is 2. The Morgan fingerprint density at radius 1 is 1.10 bits per heavy atom. The highest BCUT2D eigenvalue weighted by atomic mass is 79.9. The third kappa shape index (κ3) is 5.58. The van der Waals surface area contributed by atoms with Crippen molar-refractivity contribution in [3.63, 3.8) is 0 Å². The molecule has 2 aromatic carbocycles. The first-order chi connectivity index (χ1) is 14.0. The Bertz CT molecular complexity index is 821. The van der Waals surface area contributed by atoms with Gasteiger partial charge in [-0.2, -0.15) is 0 Å². The lowest BCUT2D eigenvalue weighted by Gasteiger charge is -2.40. The van der Waals surface area contributed by atoms with E-state index in [0.717, 1.165) is 25.2 Å². The molecule has 3 rings (SSSR count). The van der Waals surface area contributed by atoms with Gasteiger partial charge in [-0.3, -0.25) is 19.8 Å². The van der Waals surface area contributed by atoms with Crippen molar-refractivity contribution in [1.82, 2.24) is 4.90 Å². The fourth-order valence-electron chi connectivity index (χ4n) is 3.75. The van der Waals surface area contributed by atoms with Crippen LogP contribution in [0.25, 0.3) is 0 Å². The normalized spacial score (nSPS) is 15.6. The molecule has 1 heterocycles. The molecule has 0 radical (unpaired) electrons. The van der Waals surface area contributed by atoms with E-state index in [1.807, 2.05) is 37.3 Å². The lowest BCUT2D eigenvalue weighted by molar-refractivity contribution is -0.384. The number of likely N-dealkylation sites (tertiary alicyclic amines) is 1. The highest BCUT2D eigenvalue weighted by Gasteiger charge is 2.44. The fraction of sp³-hybridized carbons (Fsp3) is 0.409. The van der Waals surface area contributed by atoms with E-state index in [1.165, 1.54) is 12.1 Å². The molecule has 1 aliphatic heterocycles.